The molecule has 0 aliphatic heterocycles. The summed E-state index contributed by atoms with van der Waals surface area (Å²) < 4.78 is 0. The molecule has 0 unspecified atom stereocenters. The zero-order chi connectivity index (χ0) is 14.5. The van der Waals surface area contributed by atoms with Crippen LogP contribution in [0, 0.1) is 11.3 Å². The number of rotatable bonds is 3. The monoisotopic (exact) mass is 285 g/mol. The van der Waals surface area contributed by atoms with Crippen LogP contribution in [0.3, 0.4) is 0 Å². The molecule has 0 saturated carbocycles. The largest absolute Gasteiger partial charge is 0.388 e. The third kappa shape index (κ3) is 3.08. The highest BCUT2D eigenvalue weighted by Gasteiger charge is 2.09. The molecule has 2 rings (SSSR count). The number of carbonyl (C=O) groups is 1. The zero-order valence-electron chi connectivity index (χ0n) is 10.8. The van der Waals surface area contributed by atoms with Crippen LogP contribution in [-0.2, 0) is 0 Å². The number of nitrogens with one attached hydrogen (secondary N) is 2. The van der Waals surface area contributed by atoms with E-state index in [-0.39, 0.29) is 5.91 Å². The summed E-state index contributed by atoms with van der Waals surface area (Å²) in [5.41, 5.74) is 2.20. The number of halogens is 1. The lowest BCUT2D eigenvalue weighted by atomic mass is 10.1. The van der Waals surface area contributed by atoms with E-state index in [4.69, 9.17) is 16.9 Å². The summed E-state index contributed by atoms with van der Waals surface area (Å²) >= 11 is 5.87. The van der Waals surface area contributed by atoms with E-state index in [1.54, 1.807) is 49.5 Å². The van der Waals surface area contributed by atoms with Crippen LogP contribution in [0.2, 0.25) is 5.02 Å². The highest BCUT2D eigenvalue weighted by Crippen LogP contribution is 2.21. The Balaban J connectivity index is 2.23. The quantitative estimate of drug-likeness (QED) is 0.907. The lowest BCUT2D eigenvalue weighted by Gasteiger charge is -2.08. The Morgan fingerprint density at radius 3 is 2.50 bits per heavy atom. The van der Waals surface area contributed by atoms with Crippen molar-refractivity contribution in [2.45, 2.75) is 0 Å². The minimum absolute atomic E-state index is 0.286. The van der Waals surface area contributed by atoms with Gasteiger partial charge in [0.15, 0.2) is 0 Å². The first-order chi connectivity index (χ1) is 9.63. The molecular weight excluding hydrogens is 274 g/mol. The second-order valence-corrected chi connectivity index (χ2v) is 4.52. The minimum atomic E-state index is -0.286. The van der Waals surface area contributed by atoms with Crippen LogP contribution in [0.15, 0.2) is 42.5 Å². The van der Waals surface area contributed by atoms with Gasteiger partial charge in [-0.2, -0.15) is 5.26 Å². The molecule has 100 valence electrons. The number of nitriles is 1. The third-order valence-electron chi connectivity index (χ3n) is 2.79. The zero-order valence-corrected chi connectivity index (χ0v) is 11.5. The molecule has 5 heteroatoms. The number of hydrogen-bond donors (Lipinski definition) is 2. The number of amides is 1. The molecule has 1 amide bonds. The average molecular weight is 286 g/mol. The van der Waals surface area contributed by atoms with Crippen LogP contribution >= 0.6 is 11.6 Å². The molecule has 0 bridgehead atoms. The summed E-state index contributed by atoms with van der Waals surface area (Å²) in [7, 11) is 1.81. The second kappa shape index (κ2) is 6.09. The van der Waals surface area contributed by atoms with Gasteiger partial charge in [0.1, 0.15) is 6.07 Å². The van der Waals surface area contributed by atoms with Gasteiger partial charge >= 0.3 is 0 Å². The Morgan fingerprint density at radius 2 is 1.90 bits per heavy atom. The summed E-state index contributed by atoms with van der Waals surface area (Å²) in [5, 5.41) is 15.1. The number of anilines is 2. The Kier molecular flexibility index (Phi) is 4.24. The van der Waals surface area contributed by atoms with Gasteiger partial charge in [0, 0.05) is 23.3 Å². The van der Waals surface area contributed by atoms with Gasteiger partial charge < -0.3 is 10.6 Å². The molecule has 4 nitrogen and oxygen atoms in total. The topological polar surface area (TPSA) is 64.9 Å². The highest BCUT2D eigenvalue weighted by molar-refractivity contribution is 6.31. The first-order valence-corrected chi connectivity index (χ1v) is 6.30. The molecule has 0 aliphatic rings. The van der Waals surface area contributed by atoms with E-state index in [0.29, 0.717) is 21.8 Å². The average Bonchev–Trinajstić information content (AvgIpc) is 2.47. The maximum absolute atomic E-state index is 12.1. The van der Waals surface area contributed by atoms with Crippen LogP contribution in [-0.4, -0.2) is 13.0 Å². The van der Waals surface area contributed by atoms with Crippen LogP contribution < -0.4 is 10.6 Å². The molecule has 0 spiro atoms. The van der Waals surface area contributed by atoms with Gasteiger partial charge in [-0.3, -0.25) is 4.79 Å². The summed E-state index contributed by atoms with van der Waals surface area (Å²) in [6.45, 7) is 0. The first kappa shape index (κ1) is 13.9. The van der Waals surface area contributed by atoms with E-state index in [1.165, 1.54) is 0 Å². The number of hydrogen-bond acceptors (Lipinski definition) is 3. The van der Waals surface area contributed by atoms with Crippen molar-refractivity contribution in [3.63, 3.8) is 0 Å². The molecule has 2 aromatic rings. The van der Waals surface area contributed by atoms with Crippen LogP contribution in [0.1, 0.15) is 15.9 Å². The van der Waals surface area contributed by atoms with Crippen molar-refractivity contribution >= 4 is 28.9 Å². The lowest BCUT2D eigenvalue weighted by Crippen LogP contribution is -2.12. The third-order valence-corrected chi connectivity index (χ3v) is 3.02. The Labute approximate surface area is 122 Å². The minimum Gasteiger partial charge on any atom is -0.388 e. The summed E-state index contributed by atoms with van der Waals surface area (Å²) in [6, 6.07) is 13.8. The normalized spacial score (nSPS) is 9.65. The molecule has 0 atom stereocenters. The predicted molar refractivity (Wildman–Crippen MR) is 80.1 cm³/mol. The Morgan fingerprint density at radius 1 is 1.20 bits per heavy atom. The maximum atomic E-state index is 12.1. The predicted octanol–water partition coefficient (Wildman–Crippen LogP) is 3.51. The van der Waals surface area contributed by atoms with Gasteiger partial charge in [-0.25, -0.2) is 0 Å². The Bertz CT molecular complexity index is 675. The molecule has 0 heterocycles. The summed E-state index contributed by atoms with van der Waals surface area (Å²) in [6.07, 6.45) is 0. The lowest BCUT2D eigenvalue weighted by molar-refractivity contribution is 0.102. The van der Waals surface area contributed by atoms with Crippen molar-refractivity contribution in [3.05, 3.63) is 58.6 Å². The first-order valence-electron chi connectivity index (χ1n) is 5.93. The van der Waals surface area contributed by atoms with Gasteiger partial charge in [0.2, 0.25) is 0 Å². The summed E-state index contributed by atoms with van der Waals surface area (Å²) in [5.74, 6) is -0.286. The van der Waals surface area contributed by atoms with Gasteiger partial charge in [0.25, 0.3) is 5.91 Å². The molecule has 0 radical (unpaired) electrons. The number of carbonyl (C=O) groups excluding carboxylic acids is 1. The number of nitrogens with zero attached hydrogens (tertiary/aromatic N) is 1. The van der Waals surface area contributed by atoms with Crippen molar-refractivity contribution in [2.24, 2.45) is 0 Å². The molecule has 0 saturated heterocycles. The van der Waals surface area contributed by atoms with E-state index in [9.17, 15) is 4.79 Å². The van der Waals surface area contributed by atoms with Crippen molar-refractivity contribution in [1.29, 1.82) is 5.26 Å². The van der Waals surface area contributed by atoms with E-state index in [2.05, 4.69) is 10.6 Å². The van der Waals surface area contributed by atoms with Crippen molar-refractivity contribution in [2.75, 3.05) is 17.7 Å². The van der Waals surface area contributed by atoms with E-state index in [1.807, 2.05) is 6.07 Å². The molecule has 0 aromatic heterocycles. The molecule has 20 heavy (non-hydrogen) atoms. The van der Waals surface area contributed by atoms with E-state index in [0.717, 1.165) is 5.69 Å². The fourth-order valence-electron chi connectivity index (χ4n) is 1.70. The molecular formula is C15H12ClN3O. The van der Waals surface area contributed by atoms with Crippen LogP contribution in [0.4, 0.5) is 11.4 Å². The standard InChI is InChI=1S/C15H12ClN3O/c1-18-13-6-3-10(4-7-13)15(20)19-14-8-12(16)5-2-11(14)9-17/h2-8,18H,1H3,(H,19,20). The Hall–Kier alpha value is -2.51. The smallest absolute Gasteiger partial charge is 0.255 e. The van der Waals surface area contributed by atoms with Crippen LogP contribution in [0.25, 0.3) is 0 Å². The van der Waals surface area contributed by atoms with Gasteiger partial charge in [-0.05, 0) is 42.5 Å². The van der Waals surface area contributed by atoms with E-state index < -0.39 is 0 Å². The van der Waals surface area contributed by atoms with Gasteiger partial charge in [-0.15, -0.1) is 0 Å². The molecule has 2 N–H and O–H groups in total. The molecule has 2 aromatic carbocycles. The van der Waals surface area contributed by atoms with Crippen molar-refractivity contribution in [1.82, 2.24) is 0 Å². The van der Waals surface area contributed by atoms with Gasteiger partial charge in [-0.1, -0.05) is 11.6 Å². The summed E-state index contributed by atoms with van der Waals surface area (Å²) in [4.78, 5) is 12.1. The van der Waals surface area contributed by atoms with Gasteiger partial charge in [0.05, 0.1) is 11.3 Å². The van der Waals surface area contributed by atoms with E-state index >= 15 is 0 Å². The fraction of sp³-hybridized carbons (Fsp3) is 0.0667. The number of benzene rings is 2. The fourth-order valence-corrected chi connectivity index (χ4v) is 1.87. The van der Waals surface area contributed by atoms with Crippen molar-refractivity contribution < 1.29 is 4.79 Å². The maximum Gasteiger partial charge on any atom is 0.255 e. The second-order valence-electron chi connectivity index (χ2n) is 4.08. The highest BCUT2D eigenvalue weighted by atomic mass is 35.5. The molecule has 0 aliphatic carbocycles. The molecule has 0 fully saturated rings. The van der Waals surface area contributed by atoms with Crippen LogP contribution in [0.5, 0.6) is 0 Å². The van der Waals surface area contributed by atoms with Crippen molar-refractivity contribution in [3.8, 4) is 6.07 Å². The SMILES string of the molecule is CNc1ccc(C(=O)Nc2cc(Cl)ccc2C#N)cc1.